The van der Waals surface area contributed by atoms with E-state index in [1.54, 1.807) is 44.3 Å². The molecule has 1 aliphatic rings. The molecule has 3 aromatic rings. The molecule has 1 saturated carbocycles. The van der Waals surface area contributed by atoms with Crippen molar-refractivity contribution in [3.8, 4) is 11.4 Å². The third kappa shape index (κ3) is 4.15. The van der Waals surface area contributed by atoms with E-state index in [4.69, 9.17) is 4.52 Å². The number of nitrogens with one attached hydrogen (secondary N) is 1. The van der Waals surface area contributed by atoms with Gasteiger partial charge in [-0.3, -0.25) is 10.1 Å². The number of aromatic nitrogens is 5. The molecular weight excluding hydrogens is 382 g/mol. The number of anilines is 1. The maximum absolute atomic E-state index is 13.9. The van der Waals surface area contributed by atoms with Gasteiger partial charge in [-0.05, 0) is 30.0 Å². The number of hydrogen-bond donors (Lipinski definition) is 1. The van der Waals surface area contributed by atoms with Crippen molar-refractivity contribution in [2.75, 3.05) is 5.32 Å². The van der Waals surface area contributed by atoms with E-state index in [2.05, 4.69) is 25.9 Å². The Balaban J connectivity index is 1.61. The van der Waals surface area contributed by atoms with Crippen LogP contribution in [0.15, 0.2) is 34.9 Å². The number of amides is 1. The van der Waals surface area contributed by atoms with Gasteiger partial charge in [-0.25, -0.2) is 8.78 Å². The Morgan fingerprint density at radius 3 is 2.66 bits per heavy atom. The minimum atomic E-state index is -2.75. The van der Waals surface area contributed by atoms with Gasteiger partial charge in [0.1, 0.15) is 0 Å². The number of aryl methyl sites for hydroxylation is 2. The zero-order chi connectivity index (χ0) is 20.6. The summed E-state index contributed by atoms with van der Waals surface area (Å²) in [5, 5.41) is 18.3. The van der Waals surface area contributed by atoms with E-state index in [1.165, 1.54) is 4.80 Å². The Kier molecular flexibility index (Phi) is 4.85. The third-order valence-electron chi connectivity index (χ3n) is 5.11. The van der Waals surface area contributed by atoms with Gasteiger partial charge < -0.3 is 4.52 Å². The first-order valence-corrected chi connectivity index (χ1v) is 9.27. The number of carbonyl (C=O) groups is 1. The van der Waals surface area contributed by atoms with Crippen molar-refractivity contribution in [2.24, 2.45) is 13.0 Å². The van der Waals surface area contributed by atoms with Crippen LogP contribution in [0.2, 0.25) is 0 Å². The standard InChI is InChI=1S/C19H20F2N6O2/c1-11-9-15(29-25-11)22-18(28)16(14-7-8-19(20,21)10-14)12-3-5-13(6-4-12)17-23-26-27(2)24-17/h3-6,9,14,16H,7-8,10H2,1-2H3,(H,22,28). The molecule has 2 unspecified atom stereocenters. The minimum absolute atomic E-state index is 0.197. The number of nitrogens with zero attached hydrogens (tertiary/aromatic N) is 5. The first-order valence-electron chi connectivity index (χ1n) is 9.27. The zero-order valence-corrected chi connectivity index (χ0v) is 16.0. The lowest BCUT2D eigenvalue weighted by molar-refractivity contribution is -0.119. The second-order valence-corrected chi connectivity index (χ2v) is 7.38. The largest absolute Gasteiger partial charge is 0.338 e. The van der Waals surface area contributed by atoms with Crippen molar-refractivity contribution in [1.29, 1.82) is 0 Å². The van der Waals surface area contributed by atoms with Crippen molar-refractivity contribution < 1.29 is 18.1 Å². The molecule has 0 radical (unpaired) electrons. The smallest absolute Gasteiger partial charge is 0.248 e. The molecule has 0 aliphatic heterocycles. The fraction of sp³-hybridized carbons (Fsp3) is 0.421. The van der Waals surface area contributed by atoms with Gasteiger partial charge >= 0.3 is 0 Å². The SMILES string of the molecule is Cc1cc(NC(=O)C(c2ccc(-c3nnn(C)n3)cc2)C2CCC(F)(F)C2)on1. The van der Waals surface area contributed by atoms with Crippen molar-refractivity contribution in [3.63, 3.8) is 0 Å². The number of tetrazole rings is 1. The Labute approximate surface area is 165 Å². The summed E-state index contributed by atoms with van der Waals surface area (Å²) in [5.41, 5.74) is 1.99. The maximum Gasteiger partial charge on any atom is 0.248 e. The lowest BCUT2D eigenvalue weighted by atomic mass is 9.83. The molecule has 2 atom stereocenters. The molecular formula is C19H20F2N6O2. The maximum atomic E-state index is 13.9. The number of rotatable bonds is 5. The van der Waals surface area contributed by atoms with Crippen molar-refractivity contribution in [1.82, 2.24) is 25.4 Å². The second kappa shape index (κ2) is 7.34. The lowest BCUT2D eigenvalue weighted by Gasteiger charge is -2.23. The summed E-state index contributed by atoms with van der Waals surface area (Å²) in [6.07, 6.45) is -0.271. The highest BCUT2D eigenvalue weighted by molar-refractivity contribution is 5.95. The van der Waals surface area contributed by atoms with Crippen molar-refractivity contribution >= 4 is 11.8 Å². The molecule has 1 amide bonds. The summed E-state index contributed by atoms with van der Waals surface area (Å²) in [4.78, 5) is 14.3. The van der Waals surface area contributed by atoms with Gasteiger partial charge in [0, 0.05) is 24.5 Å². The first-order chi connectivity index (χ1) is 13.8. The fourth-order valence-corrected chi connectivity index (χ4v) is 3.77. The molecule has 4 rings (SSSR count). The normalized spacial score (nSPS) is 19.2. The average Bonchev–Trinajstić information content (AvgIpc) is 3.37. The van der Waals surface area contributed by atoms with Crippen LogP contribution in [0.4, 0.5) is 14.7 Å². The van der Waals surface area contributed by atoms with Gasteiger partial charge in [0.15, 0.2) is 0 Å². The van der Waals surface area contributed by atoms with Gasteiger partial charge in [0.25, 0.3) is 0 Å². The Morgan fingerprint density at radius 2 is 2.10 bits per heavy atom. The summed E-state index contributed by atoms with van der Waals surface area (Å²) in [5.74, 6) is -3.72. The molecule has 1 aliphatic carbocycles. The van der Waals surface area contributed by atoms with Crippen LogP contribution >= 0.6 is 0 Å². The second-order valence-electron chi connectivity index (χ2n) is 7.38. The molecule has 10 heteroatoms. The lowest BCUT2D eigenvalue weighted by Crippen LogP contribution is -2.27. The summed E-state index contributed by atoms with van der Waals surface area (Å²) in [6.45, 7) is 1.73. The number of hydrogen-bond acceptors (Lipinski definition) is 6. The molecule has 2 aromatic heterocycles. The van der Waals surface area contributed by atoms with Gasteiger partial charge in [-0.15, -0.1) is 10.2 Å². The van der Waals surface area contributed by atoms with E-state index in [0.717, 1.165) is 5.56 Å². The van der Waals surface area contributed by atoms with Crippen LogP contribution in [0.1, 0.15) is 36.4 Å². The number of halogens is 2. The van der Waals surface area contributed by atoms with Crippen LogP contribution in [0.5, 0.6) is 0 Å². The van der Waals surface area contributed by atoms with Gasteiger partial charge in [-0.1, -0.05) is 29.4 Å². The summed E-state index contributed by atoms with van der Waals surface area (Å²) < 4.78 is 32.8. The Hall–Kier alpha value is -3.17. The van der Waals surface area contributed by atoms with E-state index in [0.29, 0.717) is 17.1 Å². The van der Waals surface area contributed by atoms with Gasteiger partial charge in [0.2, 0.25) is 23.5 Å². The van der Waals surface area contributed by atoms with E-state index >= 15 is 0 Å². The highest BCUT2D eigenvalue weighted by atomic mass is 19.3. The topological polar surface area (TPSA) is 98.7 Å². The monoisotopic (exact) mass is 402 g/mol. The van der Waals surface area contributed by atoms with Gasteiger partial charge in [0.05, 0.1) is 18.7 Å². The van der Waals surface area contributed by atoms with E-state index in [9.17, 15) is 13.6 Å². The van der Waals surface area contributed by atoms with E-state index < -0.39 is 23.7 Å². The predicted octanol–water partition coefficient (Wildman–Crippen LogP) is 3.33. The molecule has 0 saturated heterocycles. The Morgan fingerprint density at radius 1 is 1.34 bits per heavy atom. The molecule has 1 aromatic carbocycles. The van der Waals surface area contributed by atoms with Crippen LogP contribution in [0.25, 0.3) is 11.4 Å². The predicted molar refractivity (Wildman–Crippen MR) is 99.1 cm³/mol. The molecule has 0 spiro atoms. The Bertz CT molecular complexity index is 1010. The van der Waals surface area contributed by atoms with Gasteiger partial charge in [-0.2, -0.15) is 4.80 Å². The molecule has 0 bridgehead atoms. The molecule has 152 valence electrons. The van der Waals surface area contributed by atoms with E-state index in [1.807, 2.05) is 0 Å². The quantitative estimate of drug-likeness (QED) is 0.703. The fourth-order valence-electron chi connectivity index (χ4n) is 3.77. The molecule has 1 fully saturated rings. The highest BCUT2D eigenvalue weighted by Gasteiger charge is 2.45. The van der Waals surface area contributed by atoms with Crippen molar-refractivity contribution in [3.05, 3.63) is 41.6 Å². The number of benzene rings is 1. The summed E-state index contributed by atoms with van der Waals surface area (Å²) >= 11 is 0. The van der Waals surface area contributed by atoms with Crippen LogP contribution in [-0.2, 0) is 11.8 Å². The average molecular weight is 402 g/mol. The summed E-state index contributed by atoms with van der Waals surface area (Å²) in [7, 11) is 1.66. The third-order valence-corrected chi connectivity index (χ3v) is 5.11. The van der Waals surface area contributed by atoms with Crippen LogP contribution in [-0.4, -0.2) is 37.2 Å². The summed E-state index contributed by atoms with van der Waals surface area (Å²) in [6, 6.07) is 8.60. The molecule has 8 nitrogen and oxygen atoms in total. The zero-order valence-electron chi connectivity index (χ0n) is 16.0. The van der Waals surface area contributed by atoms with Crippen LogP contribution in [0.3, 0.4) is 0 Å². The highest BCUT2D eigenvalue weighted by Crippen LogP contribution is 2.46. The first kappa shape index (κ1) is 19.2. The molecule has 1 N–H and O–H groups in total. The van der Waals surface area contributed by atoms with Crippen molar-refractivity contribution in [2.45, 2.75) is 38.0 Å². The molecule has 2 heterocycles. The number of carbonyl (C=O) groups excluding carboxylic acids is 1. The van der Waals surface area contributed by atoms with E-state index in [-0.39, 0.29) is 25.1 Å². The van der Waals surface area contributed by atoms with Crippen LogP contribution < -0.4 is 5.32 Å². The molecule has 29 heavy (non-hydrogen) atoms. The van der Waals surface area contributed by atoms with Crippen LogP contribution in [0, 0.1) is 12.8 Å². The number of alkyl halides is 2. The minimum Gasteiger partial charge on any atom is -0.338 e.